The quantitative estimate of drug-likeness (QED) is 0.297. The van der Waals surface area contributed by atoms with Gasteiger partial charge in [-0.05, 0) is 122 Å². The first-order chi connectivity index (χ1) is 15.0. The van der Waals surface area contributed by atoms with Gasteiger partial charge in [0.15, 0.2) is 0 Å². The van der Waals surface area contributed by atoms with E-state index in [4.69, 9.17) is 0 Å². The molecule has 0 aliphatic heterocycles. The second-order valence-corrected chi connectivity index (χ2v) is 9.68. The number of aryl methyl sites for hydroxylation is 3. The highest BCUT2D eigenvalue weighted by Crippen LogP contribution is 2.31. The molecule has 0 spiro atoms. The van der Waals surface area contributed by atoms with E-state index in [1.54, 1.807) is 0 Å². The molecule has 1 heterocycles. The van der Waals surface area contributed by atoms with E-state index >= 15 is 0 Å². The van der Waals surface area contributed by atoms with Crippen molar-refractivity contribution in [3.8, 4) is 0 Å². The number of fused-ring (bicyclic) bond motifs is 3. The fourth-order valence-corrected chi connectivity index (χ4v) is 4.72. The lowest BCUT2D eigenvalue weighted by Gasteiger charge is -2.09. The predicted molar refractivity (Wildman–Crippen MR) is 137 cm³/mol. The third-order valence-corrected chi connectivity index (χ3v) is 6.45. The van der Waals surface area contributed by atoms with E-state index < -0.39 is 0 Å². The Bertz CT molecular complexity index is 876. The van der Waals surface area contributed by atoms with Crippen molar-refractivity contribution in [2.45, 2.75) is 64.8 Å². The van der Waals surface area contributed by atoms with Crippen LogP contribution in [0.5, 0.6) is 0 Å². The fourth-order valence-electron chi connectivity index (χ4n) is 4.72. The van der Waals surface area contributed by atoms with Crippen molar-refractivity contribution in [2.24, 2.45) is 0 Å². The van der Waals surface area contributed by atoms with E-state index in [0.717, 1.165) is 6.54 Å². The summed E-state index contributed by atoms with van der Waals surface area (Å²) >= 11 is 0. The average molecular weight is 422 g/mol. The third kappa shape index (κ3) is 6.57. The Morgan fingerprint density at radius 2 is 1.06 bits per heavy atom. The molecule has 0 fully saturated rings. The smallest absolute Gasteiger partial charge is 0.0491 e. The van der Waals surface area contributed by atoms with E-state index in [0.29, 0.717) is 0 Å². The molecule has 0 aliphatic carbocycles. The molecule has 3 heteroatoms. The second kappa shape index (κ2) is 11.7. The molecular weight excluding hydrogens is 378 g/mol. The minimum absolute atomic E-state index is 1.02. The van der Waals surface area contributed by atoms with Crippen molar-refractivity contribution in [1.29, 1.82) is 0 Å². The SMILES string of the molecule is CCn1c2ccc(CCCCCN(C)C)cc2c2cc(CCCCCN(C)C)ccc21. The van der Waals surface area contributed by atoms with Crippen molar-refractivity contribution in [2.75, 3.05) is 41.3 Å². The topological polar surface area (TPSA) is 11.4 Å². The van der Waals surface area contributed by atoms with Gasteiger partial charge in [-0.3, -0.25) is 0 Å². The Morgan fingerprint density at radius 1 is 0.613 bits per heavy atom. The highest BCUT2D eigenvalue weighted by Gasteiger charge is 2.11. The molecule has 170 valence electrons. The monoisotopic (exact) mass is 421 g/mol. The van der Waals surface area contributed by atoms with Crippen LogP contribution in [-0.2, 0) is 19.4 Å². The first-order valence-electron chi connectivity index (χ1n) is 12.3. The lowest BCUT2D eigenvalue weighted by atomic mass is 10.0. The standard InChI is InChI=1S/C28H43N3/c1-6-31-27-17-15-23(13-9-7-11-19-29(2)3)21-25(27)26-22-24(16-18-28(26)31)14-10-8-12-20-30(4)5/h15-18,21-22H,6-14,19-20H2,1-5H3. The number of hydrogen-bond acceptors (Lipinski definition) is 2. The summed E-state index contributed by atoms with van der Waals surface area (Å²) in [6, 6.07) is 14.4. The van der Waals surface area contributed by atoms with Crippen LogP contribution in [0.15, 0.2) is 36.4 Å². The summed E-state index contributed by atoms with van der Waals surface area (Å²) < 4.78 is 2.48. The van der Waals surface area contributed by atoms with Gasteiger partial charge in [-0.1, -0.05) is 25.0 Å². The Labute approximate surface area is 190 Å². The van der Waals surface area contributed by atoms with Gasteiger partial charge in [0.2, 0.25) is 0 Å². The van der Waals surface area contributed by atoms with Crippen molar-refractivity contribution < 1.29 is 0 Å². The number of rotatable bonds is 13. The maximum absolute atomic E-state index is 2.48. The molecule has 0 atom stereocenters. The van der Waals surface area contributed by atoms with Crippen molar-refractivity contribution in [1.82, 2.24) is 14.4 Å². The highest BCUT2D eigenvalue weighted by molar-refractivity contribution is 6.08. The number of hydrogen-bond donors (Lipinski definition) is 0. The molecule has 0 aliphatic rings. The summed E-state index contributed by atoms with van der Waals surface area (Å²) in [7, 11) is 8.65. The van der Waals surface area contributed by atoms with Gasteiger partial charge in [-0.25, -0.2) is 0 Å². The Morgan fingerprint density at radius 3 is 1.45 bits per heavy atom. The molecule has 0 saturated carbocycles. The van der Waals surface area contributed by atoms with Crippen LogP contribution in [-0.4, -0.2) is 55.6 Å². The minimum atomic E-state index is 1.02. The van der Waals surface area contributed by atoms with Gasteiger partial charge in [-0.15, -0.1) is 0 Å². The van der Waals surface area contributed by atoms with Crippen LogP contribution in [0.4, 0.5) is 0 Å². The summed E-state index contributed by atoms with van der Waals surface area (Å²) in [5, 5.41) is 2.88. The summed E-state index contributed by atoms with van der Waals surface area (Å²) in [5.41, 5.74) is 5.75. The zero-order valence-electron chi connectivity index (χ0n) is 20.6. The van der Waals surface area contributed by atoms with Crippen LogP contribution in [0.3, 0.4) is 0 Å². The molecular formula is C28H43N3. The summed E-state index contributed by atoms with van der Waals surface area (Å²) in [5.74, 6) is 0. The first-order valence-corrected chi connectivity index (χ1v) is 12.3. The number of unbranched alkanes of at least 4 members (excludes halogenated alkanes) is 4. The van der Waals surface area contributed by atoms with E-state index in [2.05, 4.69) is 85.9 Å². The van der Waals surface area contributed by atoms with Crippen LogP contribution in [0.2, 0.25) is 0 Å². The van der Waals surface area contributed by atoms with Gasteiger partial charge >= 0.3 is 0 Å². The molecule has 0 amide bonds. The van der Waals surface area contributed by atoms with Crippen molar-refractivity contribution in [3.05, 3.63) is 47.5 Å². The molecule has 0 saturated heterocycles. The van der Waals surface area contributed by atoms with Crippen LogP contribution in [0.1, 0.15) is 56.6 Å². The van der Waals surface area contributed by atoms with E-state index in [-0.39, 0.29) is 0 Å². The molecule has 31 heavy (non-hydrogen) atoms. The lowest BCUT2D eigenvalue weighted by molar-refractivity contribution is 0.391. The summed E-state index contributed by atoms with van der Waals surface area (Å²) in [4.78, 5) is 4.57. The number of aromatic nitrogens is 1. The van der Waals surface area contributed by atoms with Crippen LogP contribution < -0.4 is 0 Å². The number of nitrogens with zero attached hydrogens (tertiary/aromatic N) is 3. The van der Waals surface area contributed by atoms with Gasteiger partial charge < -0.3 is 14.4 Å². The molecule has 3 aromatic rings. The van der Waals surface area contributed by atoms with Crippen LogP contribution >= 0.6 is 0 Å². The van der Waals surface area contributed by atoms with E-state index in [1.165, 1.54) is 97.4 Å². The predicted octanol–water partition coefficient (Wildman–Crippen LogP) is 6.36. The fraction of sp³-hybridized carbons (Fsp3) is 0.571. The molecule has 0 bridgehead atoms. The van der Waals surface area contributed by atoms with E-state index in [9.17, 15) is 0 Å². The maximum Gasteiger partial charge on any atom is 0.0491 e. The van der Waals surface area contributed by atoms with Crippen molar-refractivity contribution in [3.63, 3.8) is 0 Å². The molecule has 0 N–H and O–H groups in total. The van der Waals surface area contributed by atoms with Gasteiger partial charge in [0.05, 0.1) is 0 Å². The second-order valence-electron chi connectivity index (χ2n) is 9.68. The van der Waals surface area contributed by atoms with Crippen LogP contribution in [0, 0.1) is 0 Å². The Hall–Kier alpha value is -1.84. The molecule has 1 aromatic heterocycles. The van der Waals surface area contributed by atoms with Gasteiger partial charge in [0, 0.05) is 28.4 Å². The maximum atomic E-state index is 2.48. The Balaban J connectivity index is 1.73. The average Bonchev–Trinajstić information content (AvgIpc) is 3.05. The zero-order chi connectivity index (χ0) is 22.2. The molecule has 0 radical (unpaired) electrons. The van der Waals surface area contributed by atoms with Gasteiger partial charge in [-0.2, -0.15) is 0 Å². The molecule has 2 aromatic carbocycles. The van der Waals surface area contributed by atoms with Gasteiger partial charge in [0.25, 0.3) is 0 Å². The van der Waals surface area contributed by atoms with Gasteiger partial charge in [0.1, 0.15) is 0 Å². The largest absolute Gasteiger partial charge is 0.341 e. The zero-order valence-corrected chi connectivity index (χ0v) is 20.6. The lowest BCUT2D eigenvalue weighted by Crippen LogP contribution is -2.12. The third-order valence-electron chi connectivity index (χ3n) is 6.45. The molecule has 3 rings (SSSR count). The summed E-state index contributed by atoms with van der Waals surface area (Å²) in [6.07, 6.45) is 10.1. The highest BCUT2D eigenvalue weighted by atomic mass is 15.0. The normalized spacial score (nSPS) is 12.1. The van der Waals surface area contributed by atoms with E-state index in [1.807, 2.05) is 0 Å². The van der Waals surface area contributed by atoms with Crippen molar-refractivity contribution >= 4 is 21.8 Å². The van der Waals surface area contributed by atoms with Crippen LogP contribution in [0.25, 0.3) is 21.8 Å². The number of benzene rings is 2. The Kier molecular flexibility index (Phi) is 8.98. The molecule has 0 unspecified atom stereocenters. The first kappa shape index (κ1) is 23.8. The molecule has 3 nitrogen and oxygen atoms in total. The minimum Gasteiger partial charge on any atom is -0.341 e. The summed E-state index contributed by atoms with van der Waals surface area (Å²) in [6.45, 7) is 5.67.